The fraction of sp³-hybridized carbons (Fsp3) is 0.889. The first-order chi connectivity index (χ1) is 6.72. The number of carbonyl (C=O) groups excluding carboxylic acids is 1. The molecule has 0 bridgehead atoms. The lowest BCUT2D eigenvalue weighted by Crippen LogP contribution is -2.33. The smallest absolute Gasteiger partial charge is 0.221 e. The van der Waals surface area contributed by atoms with Crippen molar-refractivity contribution in [2.45, 2.75) is 31.4 Å². The molecule has 5 nitrogen and oxygen atoms in total. The van der Waals surface area contributed by atoms with Crippen LogP contribution in [0.25, 0.3) is 0 Å². The first kappa shape index (κ1) is 11.4. The molecule has 0 heterocycles. The molecule has 0 spiro atoms. The summed E-state index contributed by atoms with van der Waals surface area (Å²) in [4.78, 5) is 11.1. The number of rotatable bonds is 7. The van der Waals surface area contributed by atoms with E-state index >= 15 is 0 Å². The first-order valence-corrected chi connectivity index (χ1v) is 5.01. The van der Waals surface area contributed by atoms with Crippen LogP contribution in [-0.4, -0.2) is 48.0 Å². The summed E-state index contributed by atoms with van der Waals surface area (Å²) in [6.07, 6.45) is 1.89. The lowest BCUT2D eigenvalue weighted by Gasteiger charge is -2.08. The molecular weight excluding hydrogens is 184 g/mol. The van der Waals surface area contributed by atoms with Gasteiger partial charge in [0.25, 0.3) is 0 Å². The van der Waals surface area contributed by atoms with E-state index in [1.54, 1.807) is 0 Å². The highest BCUT2D eigenvalue weighted by Crippen LogP contribution is 2.18. The molecule has 1 atom stereocenters. The number of carbonyl (C=O) groups is 1. The Labute approximate surface area is 83.5 Å². The summed E-state index contributed by atoms with van der Waals surface area (Å²) in [5.41, 5.74) is 0. The van der Waals surface area contributed by atoms with E-state index < -0.39 is 6.10 Å². The third-order valence-electron chi connectivity index (χ3n) is 2.06. The number of amides is 1. The van der Waals surface area contributed by atoms with Gasteiger partial charge in [-0.1, -0.05) is 0 Å². The second-order valence-corrected chi connectivity index (χ2v) is 3.63. The summed E-state index contributed by atoms with van der Waals surface area (Å²) in [5.74, 6) is 0.0542. The molecule has 0 aromatic carbocycles. The van der Waals surface area contributed by atoms with Crippen molar-refractivity contribution < 1.29 is 15.0 Å². The molecule has 1 unspecified atom stereocenters. The summed E-state index contributed by atoms with van der Waals surface area (Å²) in [7, 11) is 0. The maximum atomic E-state index is 11.1. The van der Waals surface area contributed by atoms with Gasteiger partial charge in [-0.15, -0.1) is 0 Å². The number of hydrogen-bond donors (Lipinski definition) is 4. The highest BCUT2D eigenvalue weighted by molar-refractivity contribution is 5.76. The van der Waals surface area contributed by atoms with Crippen LogP contribution >= 0.6 is 0 Å². The normalized spacial score (nSPS) is 17.9. The van der Waals surface area contributed by atoms with Gasteiger partial charge in [-0.2, -0.15) is 0 Å². The standard InChI is InChI=1S/C9H18N2O3/c12-6-8(13)5-10-4-3-9(14)11-7-1-2-7/h7-8,10,12-13H,1-6H2,(H,11,14). The predicted octanol–water partition coefficient (Wildman–Crippen LogP) is -1.40. The Hall–Kier alpha value is -0.650. The Morgan fingerprint density at radius 1 is 1.50 bits per heavy atom. The van der Waals surface area contributed by atoms with Crippen LogP contribution in [0, 0.1) is 0 Å². The van der Waals surface area contributed by atoms with E-state index in [0.717, 1.165) is 12.8 Å². The predicted molar refractivity (Wildman–Crippen MR) is 51.7 cm³/mol. The van der Waals surface area contributed by atoms with E-state index in [1.165, 1.54) is 0 Å². The molecular formula is C9H18N2O3. The molecule has 4 N–H and O–H groups in total. The molecule has 1 aliphatic carbocycles. The lowest BCUT2D eigenvalue weighted by atomic mass is 10.3. The van der Waals surface area contributed by atoms with Gasteiger partial charge in [-0.3, -0.25) is 4.79 Å². The molecule has 0 aromatic heterocycles. The summed E-state index contributed by atoms with van der Waals surface area (Å²) < 4.78 is 0. The number of aliphatic hydroxyl groups excluding tert-OH is 2. The average molecular weight is 202 g/mol. The largest absolute Gasteiger partial charge is 0.394 e. The van der Waals surface area contributed by atoms with Crippen LogP contribution in [0.5, 0.6) is 0 Å². The van der Waals surface area contributed by atoms with E-state index in [1.807, 2.05) is 0 Å². The third-order valence-corrected chi connectivity index (χ3v) is 2.06. The number of nitrogens with one attached hydrogen (secondary N) is 2. The summed E-state index contributed by atoms with van der Waals surface area (Å²) in [6, 6.07) is 0.408. The van der Waals surface area contributed by atoms with Gasteiger partial charge in [0.1, 0.15) is 0 Å². The van der Waals surface area contributed by atoms with E-state index in [2.05, 4.69) is 10.6 Å². The fourth-order valence-corrected chi connectivity index (χ4v) is 1.06. The molecule has 82 valence electrons. The van der Waals surface area contributed by atoms with Crippen LogP contribution in [0.15, 0.2) is 0 Å². The zero-order chi connectivity index (χ0) is 10.4. The Kier molecular flexibility index (Phi) is 4.86. The molecule has 0 aromatic rings. The fourth-order valence-electron chi connectivity index (χ4n) is 1.06. The molecule has 1 rings (SSSR count). The summed E-state index contributed by atoms with van der Waals surface area (Å²) >= 11 is 0. The Bertz CT molecular complexity index is 183. The molecule has 0 aliphatic heterocycles. The minimum Gasteiger partial charge on any atom is -0.394 e. The Balaban J connectivity index is 1.89. The van der Waals surface area contributed by atoms with E-state index in [-0.39, 0.29) is 12.5 Å². The second-order valence-electron chi connectivity index (χ2n) is 3.63. The first-order valence-electron chi connectivity index (χ1n) is 5.01. The van der Waals surface area contributed by atoms with Crippen LogP contribution in [-0.2, 0) is 4.79 Å². The van der Waals surface area contributed by atoms with Gasteiger partial charge in [-0.25, -0.2) is 0 Å². The molecule has 1 saturated carbocycles. The summed E-state index contributed by atoms with van der Waals surface area (Å²) in [6.45, 7) is 0.615. The van der Waals surface area contributed by atoms with Gasteiger partial charge in [0, 0.05) is 25.6 Å². The van der Waals surface area contributed by atoms with Crippen LogP contribution in [0.4, 0.5) is 0 Å². The van der Waals surface area contributed by atoms with Crippen molar-refractivity contribution in [2.75, 3.05) is 19.7 Å². The molecule has 1 amide bonds. The lowest BCUT2D eigenvalue weighted by molar-refractivity contribution is -0.121. The van der Waals surface area contributed by atoms with Crippen molar-refractivity contribution in [3.8, 4) is 0 Å². The maximum Gasteiger partial charge on any atom is 0.221 e. The van der Waals surface area contributed by atoms with Gasteiger partial charge in [0.05, 0.1) is 12.7 Å². The molecule has 0 radical (unpaired) electrons. The van der Waals surface area contributed by atoms with Crippen LogP contribution in [0.2, 0.25) is 0 Å². The Morgan fingerprint density at radius 2 is 2.21 bits per heavy atom. The highest BCUT2D eigenvalue weighted by atomic mass is 16.3. The highest BCUT2D eigenvalue weighted by Gasteiger charge is 2.22. The minimum atomic E-state index is -0.735. The minimum absolute atomic E-state index is 0.0542. The van der Waals surface area contributed by atoms with E-state index in [4.69, 9.17) is 10.2 Å². The second kappa shape index (κ2) is 5.95. The van der Waals surface area contributed by atoms with Gasteiger partial charge >= 0.3 is 0 Å². The van der Waals surface area contributed by atoms with Crippen molar-refractivity contribution in [3.05, 3.63) is 0 Å². The zero-order valence-electron chi connectivity index (χ0n) is 8.20. The Morgan fingerprint density at radius 3 is 2.79 bits per heavy atom. The quantitative estimate of drug-likeness (QED) is 0.383. The monoisotopic (exact) mass is 202 g/mol. The van der Waals surface area contributed by atoms with E-state index in [0.29, 0.717) is 25.6 Å². The van der Waals surface area contributed by atoms with Crippen LogP contribution < -0.4 is 10.6 Å². The third kappa shape index (κ3) is 5.16. The van der Waals surface area contributed by atoms with Crippen molar-refractivity contribution in [2.24, 2.45) is 0 Å². The van der Waals surface area contributed by atoms with Crippen molar-refractivity contribution in [3.63, 3.8) is 0 Å². The molecule has 1 fully saturated rings. The van der Waals surface area contributed by atoms with Crippen molar-refractivity contribution in [1.82, 2.24) is 10.6 Å². The molecule has 14 heavy (non-hydrogen) atoms. The summed E-state index contributed by atoms with van der Waals surface area (Å²) in [5, 5.41) is 23.2. The van der Waals surface area contributed by atoms with Crippen molar-refractivity contribution >= 4 is 5.91 Å². The van der Waals surface area contributed by atoms with Crippen LogP contribution in [0.3, 0.4) is 0 Å². The van der Waals surface area contributed by atoms with Crippen molar-refractivity contribution in [1.29, 1.82) is 0 Å². The van der Waals surface area contributed by atoms with E-state index in [9.17, 15) is 4.79 Å². The molecule has 1 aliphatic rings. The number of aliphatic hydroxyl groups is 2. The number of hydrogen-bond acceptors (Lipinski definition) is 4. The topological polar surface area (TPSA) is 81.6 Å². The SMILES string of the molecule is O=C(CCNCC(O)CO)NC1CC1. The van der Waals surface area contributed by atoms with Gasteiger partial charge in [0.2, 0.25) is 5.91 Å². The van der Waals surface area contributed by atoms with Gasteiger partial charge in [-0.05, 0) is 12.8 Å². The maximum absolute atomic E-state index is 11.1. The molecule has 0 saturated heterocycles. The van der Waals surface area contributed by atoms with Gasteiger partial charge in [0.15, 0.2) is 0 Å². The average Bonchev–Trinajstić information content (AvgIpc) is 2.95. The van der Waals surface area contributed by atoms with Crippen LogP contribution in [0.1, 0.15) is 19.3 Å². The van der Waals surface area contributed by atoms with Gasteiger partial charge < -0.3 is 20.8 Å². The zero-order valence-corrected chi connectivity index (χ0v) is 8.20. The molecule has 5 heteroatoms.